The molecule has 0 amide bonds. The van der Waals surface area contributed by atoms with Gasteiger partial charge in [0.25, 0.3) is 0 Å². The lowest BCUT2D eigenvalue weighted by Crippen LogP contribution is -2.09. The van der Waals surface area contributed by atoms with Crippen LogP contribution in [0.15, 0.2) is 37.0 Å². The third-order valence-electron chi connectivity index (χ3n) is 1.54. The molecule has 0 atom stereocenters. The largest absolute Gasteiger partial charge is 0.284 e. The lowest BCUT2D eigenvalue weighted by Gasteiger charge is -2.12. The first kappa shape index (κ1) is 7.82. The van der Waals surface area contributed by atoms with E-state index < -0.39 is 0 Å². The van der Waals surface area contributed by atoms with Crippen LogP contribution in [0.2, 0.25) is 0 Å². The molecule has 0 unspecified atom stereocenters. The summed E-state index contributed by atoms with van der Waals surface area (Å²) in [4.78, 5) is 0. The Morgan fingerprint density at radius 3 is 2.64 bits per heavy atom. The summed E-state index contributed by atoms with van der Waals surface area (Å²) in [5, 5.41) is 10.2. The average Bonchev–Trinajstić information content (AvgIpc) is 2.04. The van der Waals surface area contributed by atoms with E-state index in [4.69, 9.17) is 0 Å². The fourth-order valence-corrected chi connectivity index (χ4v) is 0.919. The lowest BCUT2D eigenvalue weighted by atomic mass is 10.2. The Bertz CT molecular complexity index is 257. The van der Waals surface area contributed by atoms with Gasteiger partial charge in [-0.3, -0.25) is 5.21 Å². The van der Waals surface area contributed by atoms with E-state index in [0.717, 1.165) is 16.3 Å². The van der Waals surface area contributed by atoms with Crippen LogP contribution in [0.1, 0.15) is 5.56 Å². The summed E-state index contributed by atoms with van der Waals surface area (Å²) in [6.45, 7) is 5.39. The van der Waals surface area contributed by atoms with Gasteiger partial charge in [0.1, 0.15) is 0 Å². The second-order valence-corrected chi connectivity index (χ2v) is 2.31. The zero-order valence-electron chi connectivity index (χ0n) is 6.49. The summed E-state index contributed by atoms with van der Waals surface area (Å²) in [6, 6.07) is 7.56. The lowest BCUT2D eigenvalue weighted by molar-refractivity contribution is 0.296. The molecule has 58 valence electrons. The van der Waals surface area contributed by atoms with Crippen molar-refractivity contribution in [3.05, 3.63) is 42.6 Å². The minimum Gasteiger partial charge on any atom is -0.284 e. The predicted octanol–water partition coefficient (Wildman–Crippen LogP) is 2.33. The molecule has 0 saturated carbocycles. The molecule has 0 fully saturated rings. The molecule has 0 aliphatic heterocycles. The number of rotatable bonds is 2. The number of aryl methyl sites for hydroxylation is 1. The fourth-order valence-electron chi connectivity index (χ4n) is 0.919. The number of hydrogen-bond donors (Lipinski definition) is 1. The molecule has 0 heterocycles. The number of anilines is 1. The minimum absolute atomic E-state index is 0.766. The van der Waals surface area contributed by atoms with E-state index in [2.05, 4.69) is 6.58 Å². The van der Waals surface area contributed by atoms with Gasteiger partial charge < -0.3 is 0 Å². The van der Waals surface area contributed by atoms with Gasteiger partial charge in [0.15, 0.2) is 0 Å². The summed E-state index contributed by atoms with van der Waals surface area (Å²) in [6.07, 6.45) is 1.36. The maximum Gasteiger partial charge on any atom is 0.0714 e. The van der Waals surface area contributed by atoms with Gasteiger partial charge in [0, 0.05) is 6.20 Å². The molecule has 2 nitrogen and oxygen atoms in total. The molecule has 1 aromatic rings. The maximum absolute atomic E-state index is 9.23. The summed E-state index contributed by atoms with van der Waals surface area (Å²) < 4.78 is 0. The highest BCUT2D eigenvalue weighted by Crippen LogP contribution is 2.16. The highest BCUT2D eigenvalue weighted by molar-refractivity contribution is 5.52. The van der Waals surface area contributed by atoms with Gasteiger partial charge in [-0.1, -0.05) is 24.8 Å². The highest BCUT2D eigenvalue weighted by atomic mass is 16.5. The first-order valence-corrected chi connectivity index (χ1v) is 3.42. The quantitative estimate of drug-likeness (QED) is 0.652. The number of benzene rings is 1. The zero-order chi connectivity index (χ0) is 8.27. The fraction of sp³-hybridized carbons (Fsp3) is 0.111. The Kier molecular flexibility index (Phi) is 2.28. The van der Waals surface area contributed by atoms with E-state index in [-0.39, 0.29) is 0 Å². The third kappa shape index (κ3) is 1.59. The van der Waals surface area contributed by atoms with Crippen LogP contribution in [-0.4, -0.2) is 5.21 Å². The van der Waals surface area contributed by atoms with Crippen LogP contribution in [0.25, 0.3) is 0 Å². The zero-order valence-corrected chi connectivity index (χ0v) is 6.49. The Hall–Kier alpha value is -1.28. The average molecular weight is 149 g/mol. The van der Waals surface area contributed by atoms with Gasteiger partial charge >= 0.3 is 0 Å². The first-order chi connectivity index (χ1) is 5.25. The predicted molar refractivity (Wildman–Crippen MR) is 45.6 cm³/mol. The second kappa shape index (κ2) is 3.21. The van der Waals surface area contributed by atoms with Gasteiger partial charge in [0.05, 0.1) is 5.69 Å². The van der Waals surface area contributed by atoms with Gasteiger partial charge in [-0.05, 0) is 18.6 Å². The topological polar surface area (TPSA) is 23.5 Å². The summed E-state index contributed by atoms with van der Waals surface area (Å²) >= 11 is 0. The van der Waals surface area contributed by atoms with Crippen LogP contribution in [0, 0.1) is 6.92 Å². The summed E-state index contributed by atoms with van der Waals surface area (Å²) in [7, 11) is 0. The smallest absolute Gasteiger partial charge is 0.0714 e. The van der Waals surface area contributed by atoms with Gasteiger partial charge in [-0.15, -0.1) is 0 Å². The van der Waals surface area contributed by atoms with Crippen molar-refractivity contribution in [2.75, 3.05) is 5.06 Å². The van der Waals surface area contributed by atoms with Crippen molar-refractivity contribution >= 4 is 5.69 Å². The van der Waals surface area contributed by atoms with Crippen molar-refractivity contribution < 1.29 is 5.21 Å². The Labute approximate surface area is 66.3 Å². The maximum atomic E-state index is 9.23. The van der Waals surface area contributed by atoms with Crippen LogP contribution in [-0.2, 0) is 0 Å². The van der Waals surface area contributed by atoms with E-state index in [9.17, 15) is 5.21 Å². The van der Waals surface area contributed by atoms with E-state index in [0.29, 0.717) is 0 Å². The van der Waals surface area contributed by atoms with Gasteiger partial charge in [-0.25, -0.2) is 5.06 Å². The summed E-state index contributed by atoms with van der Waals surface area (Å²) in [5.74, 6) is 0. The molecule has 0 aromatic heterocycles. The standard InChI is InChI=1S/C9H11NO/c1-3-10(11)9-7-5-4-6-8(9)2/h3-7,11H,1H2,2H3. The SMILES string of the molecule is C=CN(O)c1ccccc1C. The monoisotopic (exact) mass is 149 g/mol. The Morgan fingerprint density at radius 2 is 2.09 bits per heavy atom. The molecule has 0 aliphatic carbocycles. The van der Waals surface area contributed by atoms with E-state index in [1.165, 1.54) is 6.20 Å². The van der Waals surface area contributed by atoms with Crippen LogP contribution < -0.4 is 5.06 Å². The minimum atomic E-state index is 0.766. The molecule has 1 N–H and O–H groups in total. The molecular weight excluding hydrogens is 138 g/mol. The van der Waals surface area contributed by atoms with Crippen molar-refractivity contribution in [1.29, 1.82) is 0 Å². The number of hydroxylamine groups is 1. The van der Waals surface area contributed by atoms with E-state index in [1.807, 2.05) is 31.2 Å². The molecular formula is C9H11NO. The Morgan fingerprint density at radius 1 is 1.45 bits per heavy atom. The normalized spacial score (nSPS) is 9.27. The van der Waals surface area contributed by atoms with Crippen LogP contribution in [0.3, 0.4) is 0 Å². The van der Waals surface area contributed by atoms with Gasteiger partial charge in [0.2, 0.25) is 0 Å². The van der Waals surface area contributed by atoms with E-state index >= 15 is 0 Å². The second-order valence-electron chi connectivity index (χ2n) is 2.31. The van der Waals surface area contributed by atoms with E-state index in [1.54, 1.807) is 0 Å². The molecule has 0 aliphatic rings. The molecule has 11 heavy (non-hydrogen) atoms. The third-order valence-corrected chi connectivity index (χ3v) is 1.54. The molecule has 1 aromatic carbocycles. The molecule has 1 rings (SSSR count). The molecule has 0 spiro atoms. The van der Waals surface area contributed by atoms with Crippen LogP contribution >= 0.6 is 0 Å². The first-order valence-electron chi connectivity index (χ1n) is 3.42. The molecule has 0 radical (unpaired) electrons. The molecule has 2 heteroatoms. The van der Waals surface area contributed by atoms with Crippen LogP contribution in [0.5, 0.6) is 0 Å². The van der Waals surface area contributed by atoms with Gasteiger partial charge in [-0.2, -0.15) is 0 Å². The number of hydrogen-bond acceptors (Lipinski definition) is 2. The molecule has 0 bridgehead atoms. The van der Waals surface area contributed by atoms with Crippen molar-refractivity contribution in [2.24, 2.45) is 0 Å². The number of para-hydroxylation sites is 1. The summed E-state index contributed by atoms with van der Waals surface area (Å²) in [5.41, 5.74) is 1.79. The Balaban J connectivity index is 3.02. The van der Waals surface area contributed by atoms with Crippen molar-refractivity contribution in [3.63, 3.8) is 0 Å². The number of nitrogens with zero attached hydrogens (tertiary/aromatic N) is 1. The van der Waals surface area contributed by atoms with Crippen molar-refractivity contribution in [1.82, 2.24) is 0 Å². The van der Waals surface area contributed by atoms with Crippen LogP contribution in [0.4, 0.5) is 5.69 Å². The molecule has 0 saturated heterocycles. The highest BCUT2D eigenvalue weighted by Gasteiger charge is 1.99. The van der Waals surface area contributed by atoms with Crippen molar-refractivity contribution in [2.45, 2.75) is 6.92 Å². The van der Waals surface area contributed by atoms with Crippen molar-refractivity contribution in [3.8, 4) is 0 Å².